The summed E-state index contributed by atoms with van der Waals surface area (Å²) in [4.78, 5) is 43.7. The molecule has 0 saturated carbocycles. The average molecular weight is 531 g/mol. The maximum Gasteiger partial charge on any atom is 0.342 e. The lowest BCUT2D eigenvalue weighted by Crippen LogP contribution is -2.40. The Balaban J connectivity index is 2.07. The first-order valence-electron chi connectivity index (χ1n) is 10.1. The van der Waals surface area contributed by atoms with Crippen molar-refractivity contribution in [1.82, 2.24) is 19.1 Å². The highest BCUT2D eigenvalue weighted by molar-refractivity contribution is 6.30. The molecule has 2 heterocycles. The van der Waals surface area contributed by atoms with E-state index < -0.39 is 33.1 Å². The van der Waals surface area contributed by atoms with Crippen LogP contribution < -0.4 is 0 Å². The number of rotatable bonds is 7. The Kier molecular flexibility index (Phi) is 6.48. The maximum absolute atomic E-state index is 13.4. The standard InChI is InChI=1S/C22H16Cl2N6O6/c1-27-17(29(32)33)11-25-20(27)22(14-5-9-16(24)10-6-14,21-26-12-18(28(21)2)30(34)35)36-19(31)13-3-7-15(23)8-4-13/h3-12H,1-2H3. The minimum atomic E-state index is -2.06. The van der Waals surface area contributed by atoms with E-state index >= 15 is 0 Å². The van der Waals surface area contributed by atoms with Crippen LogP contribution in [-0.2, 0) is 24.4 Å². The number of hydrogen-bond donors (Lipinski definition) is 0. The van der Waals surface area contributed by atoms with E-state index in [1.54, 1.807) is 0 Å². The number of halogens is 2. The van der Waals surface area contributed by atoms with Gasteiger partial charge in [0, 0.05) is 15.6 Å². The summed E-state index contributed by atoms with van der Waals surface area (Å²) in [6.45, 7) is 0. The number of imidazole rings is 2. The van der Waals surface area contributed by atoms with Crippen LogP contribution in [-0.4, -0.2) is 34.9 Å². The molecule has 0 aliphatic carbocycles. The molecule has 4 aromatic rings. The third-order valence-corrected chi connectivity index (χ3v) is 6.01. The third kappa shape index (κ3) is 4.16. The number of carbonyl (C=O) groups is 1. The van der Waals surface area contributed by atoms with Crippen molar-refractivity contribution in [2.75, 3.05) is 0 Å². The summed E-state index contributed by atoms with van der Waals surface area (Å²) in [5.41, 5.74) is -1.72. The first kappa shape index (κ1) is 24.8. The second-order valence-corrected chi connectivity index (χ2v) is 8.47. The molecule has 4 rings (SSSR count). The molecule has 0 unspecified atom stereocenters. The number of benzene rings is 2. The van der Waals surface area contributed by atoms with Gasteiger partial charge in [-0.05, 0) is 46.2 Å². The van der Waals surface area contributed by atoms with Gasteiger partial charge in [-0.2, -0.15) is 0 Å². The molecule has 184 valence electrons. The Labute approximate surface area is 213 Å². The number of nitro groups is 2. The zero-order chi connectivity index (χ0) is 26.2. The third-order valence-electron chi connectivity index (χ3n) is 5.51. The van der Waals surface area contributed by atoms with Gasteiger partial charge in [-0.25, -0.2) is 23.9 Å². The molecule has 0 amide bonds. The fraction of sp³-hybridized carbons (Fsp3) is 0.136. The largest absolute Gasteiger partial charge is 0.429 e. The van der Waals surface area contributed by atoms with Gasteiger partial charge in [-0.1, -0.05) is 35.3 Å². The van der Waals surface area contributed by atoms with Crippen molar-refractivity contribution in [2.45, 2.75) is 5.60 Å². The monoisotopic (exact) mass is 530 g/mol. The van der Waals surface area contributed by atoms with Crippen LogP contribution in [0.1, 0.15) is 27.6 Å². The second kappa shape index (κ2) is 9.40. The summed E-state index contributed by atoms with van der Waals surface area (Å²) >= 11 is 12.0. The molecule has 0 atom stereocenters. The predicted molar refractivity (Wildman–Crippen MR) is 128 cm³/mol. The summed E-state index contributed by atoms with van der Waals surface area (Å²) in [6, 6.07) is 11.9. The maximum atomic E-state index is 13.4. The van der Waals surface area contributed by atoms with E-state index in [0.717, 1.165) is 21.5 Å². The highest BCUT2D eigenvalue weighted by Gasteiger charge is 2.54. The molecule has 14 heteroatoms. The van der Waals surface area contributed by atoms with Crippen molar-refractivity contribution in [3.05, 3.63) is 114 Å². The van der Waals surface area contributed by atoms with E-state index in [0.29, 0.717) is 10.0 Å². The van der Waals surface area contributed by atoms with E-state index in [1.807, 2.05) is 0 Å². The molecule has 0 aliphatic rings. The molecular weight excluding hydrogens is 515 g/mol. The smallest absolute Gasteiger partial charge is 0.342 e. The van der Waals surface area contributed by atoms with Crippen molar-refractivity contribution in [2.24, 2.45) is 14.1 Å². The minimum Gasteiger partial charge on any atom is -0.429 e. The minimum absolute atomic E-state index is 0.102. The van der Waals surface area contributed by atoms with Gasteiger partial charge in [0.15, 0.2) is 0 Å². The number of hydrogen-bond acceptors (Lipinski definition) is 8. The van der Waals surface area contributed by atoms with Crippen LogP contribution in [0.3, 0.4) is 0 Å². The van der Waals surface area contributed by atoms with Crippen LogP contribution in [0.5, 0.6) is 0 Å². The van der Waals surface area contributed by atoms with Crippen LogP contribution in [0.2, 0.25) is 10.0 Å². The van der Waals surface area contributed by atoms with Crippen molar-refractivity contribution in [3.63, 3.8) is 0 Å². The molecule has 2 aromatic carbocycles. The fourth-order valence-corrected chi connectivity index (χ4v) is 4.02. The van der Waals surface area contributed by atoms with E-state index in [2.05, 4.69) is 9.97 Å². The first-order valence-corrected chi connectivity index (χ1v) is 10.9. The molecular formula is C22H16Cl2N6O6. The lowest BCUT2D eigenvalue weighted by molar-refractivity contribution is -0.392. The van der Waals surface area contributed by atoms with Gasteiger partial charge in [-0.15, -0.1) is 0 Å². The number of nitrogens with zero attached hydrogens (tertiary/aromatic N) is 6. The van der Waals surface area contributed by atoms with Gasteiger partial charge >= 0.3 is 17.6 Å². The van der Waals surface area contributed by atoms with Crippen molar-refractivity contribution in [3.8, 4) is 0 Å². The van der Waals surface area contributed by atoms with Crippen LogP contribution in [0.4, 0.5) is 11.6 Å². The van der Waals surface area contributed by atoms with Crippen molar-refractivity contribution >= 4 is 40.8 Å². The Hall–Kier alpha value is -4.29. The number of aromatic nitrogens is 4. The molecule has 0 aliphatic heterocycles. The Morgan fingerprint density at radius 2 is 1.25 bits per heavy atom. The zero-order valence-electron chi connectivity index (χ0n) is 18.7. The lowest BCUT2D eigenvalue weighted by Gasteiger charge is -2.29. The van der Waals surface area contributed by atoms with E-state index in [-0.39, 0.29) is 22.8 Å². The Morgan fingerprint density at radius 1 is 0.833 bits per heavy atom. The summed E-state index contributed by atoms with van der Waals surface area (Å²) in [5, 5.41) is 24.0. The Bertz CT molecular complexity index is 1420. The normalized spacial score (nSPS) is 11.3. The van der Waals surface area contributed by atoms with E-state index in [1.165, 1.54) is 62.6 Å². The second-order valence-electron chi connectivity index (χ2n) is 7.60. The fourth-order valence-electron chi connectivity index (χ4n) is 3.77. The first-order chi connectivity index (χ1) is 17.1. The van der Waals surface area contributed by atoms with Crippen LogP contribution in [0, 0.1) is 20.2 Å². The molecule has 36 heavy (non-hydrogen) atoms. The Morgan fingerprint density at radius 3 is 1.64 bits per heavy atom. The molecule has 0 saturated heterocycles. The van der Waals surface area contributed by atoms with E-state index in [4.69, 9.17) is 27.9 Å². The van der Waals surface area contributed by atoms with Gasteiger partial charge < -0.3 is 25.0 Å². The van der Waals surface area contributed by atoms with Gasteiger partial charge in [0.25, 0.3) is 17.2 Å². The van der Waals surface area contributed by atoms with Crippen molar-refractivity contribution < 1.29 is 19.4 Å². The van der Waals surface area contributed by atoms with Gasteiger partial charge in [0.05, 0.1) is 19.7 Å². The van der Waals surface area contributed by atoms with Crippen LogP contribution in [0.25, 0.3) is 0 Å². The number of carbonyl (C=O) groups excluding carboxylic acids is 1. The predicted octanol–water partition coefficient (Wildman–Crippen LogP) is 4.43. The van der Waals surface area contributed by atoms with Crippen LogP contribution in [0.15, 0.2) is 60.9 Å². The summed E-state index contributed by atoms with van der Waals surface area (Å²) < 4.78 is 8.30. The molecule has 0 bridgehead atoms. The van der Waals surface area contributed by atoms with Gasteiger partial charge in [0.2, 0.25) is 0 Å². The zero-order valence-corrected chi connectivity index (χ0v) is 20.2. The summed E-state index contributed by atoms with van der Waals surface area (Å²) in [5.74, 6) is -1.92. The quantitative estimate of drug-likeness (QED) is 0.193. The van der Waals surface area contributed by atoms with Gasteiger partial charge in [-0.3, -0.25) is 0 Å². The molecule has 0 fully saturated rings. The topological polar surface area (TPSA) is 148 Å². The molecule has 0 radical (unpaired) electrons. The van der Waals surface area contributed by atoms with E-state index in [9.17, 15) is 25.0 Å². The number of ether oxygens (including phenoxy) is 1. The number of esters is 1. The van der Waals surface area contributed by atoms with Crippen molar-refractivity contribution in [1.29, 1.82) is 0 Å². The summed E-state index contributed by atoms with van der Waals surface area (Å²) in [7, 11) is 2.72. The highest BCUT2D eigenvalue weighted by Crippen LogP contribution is 2.42. The molecule has 0 N–H and O–H groups in total. The van der Waals surface area contributed by atoms with Gasteiger partial charge in [0.1, 0.15) is 12.4 Å². The SMILES string of the molecule is Cn1c([N+](=O)[O-])cnc1C(OC(=O)c1ccc(Cl)cc1)(c1ccc(Cl)cc1)c1ncc([N+](=O)[O-])n1C. The molecule has 12 nitrogen and oxygen atoms in total. The van der Waals surface area contributed by atoms with Crippen LogP contribution >= 0.6 is 23.2 Å². The highest BCUT2D eigenvalue weighted by atomic mass is 35.5. The molecule has 2 aromatic heterocycles. The lowest BCUT2D eigenvalue weighted by atomic mass is 9.90. The average Bonchev–Trinajstić information content (AvgIpc) is 3.42. The summed E-state index contributed by atoms with van der Waals surface area (Å²) in [6.07, 6.45) is 1.99. The molecule has 0 spiro atoms.